The standard InChI is InChI=1S/C15H22N2O2/c1-19-13-6-4-11(5-7-13)2-3-12-8-9-17-14(10-12)15(16)18/h4-7,12,14,17H,2-3,8-10H2,1H3,(H2,16,18). The number of carbonyl (C=O) groups excluding carboxylic acids is 1. The Morgan fingerprint density at radius 1 is 1.42 bits per heavy atom. The highest BCUT2D eigenvalue weighted by molar-refractivity contribution is 5.79. The number of primary amides is 1. The number of methoxy groups -OCH3 is 1. The SMILES string of the molecule is COc1ccc(CCC2CCNC(C(N)=O)C2)cc1. The van der Waals surface area contributed by atoms with Crippen LogP contribution in [0.15, 0.2) is 24.3 Å². The number of nitrogens with one attached hydrogen (secondary N) is 1. The summed E-state index contributed by atoms with van der Waals surface area (Å²) in [6.07, 6.45) is 4.14. The van der Waals surface area contributed by atoms with E-state index in [4.69, 9.17) is 10.5 Å². The molecule has 3 N–H and O–H groups in total. The summed E-state index contributed by atoms with van der Waals surface area (Å²) in [7, 11) is 1.67. The van der Waals surface area contributed by atoms with Crippen molar-refractivity contribution in [2.75, 3.05) is 13.7 Å². The van der Waals surface area contributed by atoms with Gasteiger partial charge in [0, 0.05) is 0 Å². The molecule has 104 valence electrons. The second-order valence-corrected chi connectivity index (χ2v) is 5.19. The highest BCUT2D eigenvalue weighted by Crippen LogP contribution is 2.22. The van der Waals surface area contributed by atoms with Gasteiger partial charge in [-0.2, -0.15) is 0 Å². The maximum Gasteiger partial charge on any atom is 0.234 e. The third kappa shape index (κ3) is 3.96. The normalized spacial score (nSPS) is 23.0. The Morgan fingerprint density at radius 2 is 2.16 bits per heavy atom. The molecule has 4 nitrogen and oxygen atoms in total. The van der Waals surface area contributed by atoms with Crippen LogP contribution in [0.4, 0.5) is 0 Å². The van der Waals surface area contributed by atoms with Crippen molar-refractivity contribution in [2.24, 2.45) is 11.7 Å². The van der Waals surface area contributed by atoms with Crippen LogP contribution in [-0.4, -0.2) is 25.6 Å². The van der Waals surface area contributed by atoms with Crippen LogP contribution in [0.1, 0.15) is 24.8 Å². The average molecular weight is 262 g/mol. The van der Waals surface area contributed by atoms with Crippen molar-refractivity contribution >= 4 is 5.91 Å². The summed E-state index contributed by atoms with van der Waals surface area (Å²) in [4.78, 5) is 11.2. The molecule has 1 saturated heterocycles. The van der Waals surface area contributed by atoms with E-state index < -0.39 is 0 Å². The van der Waals surface area contributed by atoms with Crippen molar-refractivity contribution in [1.29, 1.82) is 0 Å². The van der Waals surface area contributed by atoms with Crippen molar-refractivity contribution in [1.82, 2.24) is 5.32 Å². The molecule has 4 heteroatoms. The molecule has 0 aromatic heterocycles. The lowest BCUT2D eigenvalue weighted by molar-refractivity contribution is -0.120. The fraction of sp³-hybridized carbons (Fsp3) is 0.533. The molecule has 0 spiro atoms. The molecular weight excluding hydrogens is 240 g/mol. The van der Waals surface area contributed by atoms with Gasteiger partial charge in [-0.1, -0.05) is 12.1 Å². The fourth-order valence-electron chi connectivity index (χ4n) is 2.64. The first-order valence-electron chi connectivity index (χ1n) is 6.84. The van der Waals surface area contributed by atoms with Crippen molar-refractivity contribution < 1.29 is 9.53 Å². The molecule has 2 unspecified atom stereocenters. The second kappa shape index (κ2) is 6.57. The van der Waals surface area contributed by atoms with Gasteiger partial charge in [0.15, 0.2) is 0 Å². The van der Waals surface area contributed by atoms with Gasteiger partial charge < -0.3 is 15.8 Å². The molecule has 1 heterocycles. The molecule has 2 rings (SSSR count). The number of carbonyl (C=O) groups is 1. The van der Waals surface area contributed by atoms with Gasteiger partial charge in [-0.25, -0.2) is 0 Å². The molecule has 0 saturated carbocycles. The summed E-state index contributed by atoms with van der Waals surface area (Å²) >= 11 is 0. The summed E-state index contributed by atoms with van der Waals surface area (Å²) in [5.74, 6) is 1.24. The number of piperidine rings is 1. The minimum absolute atomic E-state index is 0.144. The van der Waals surface area contributed by atoms with Crippen LogP contribution < -0.4 is 15.8 Å². The number of hydrogen-bond donors (Lipinski definition) is 2. The van der Waals surface area contributed by atoms with Crippen molar-refractivity contribution in [2.45, 2.75) is 31.7 Å². The Kier molecular flexibility index (Phi) is 4.80. The minimum Gasteiger partial charge on any atom is -0.497 e. The van der Waals surface area contributed by atoms with Gasteiger partial charge >= 0.3 is 0 Å². The topological polar surface area (TPSA) is 64.3 Å². The highest BCUT2D eigenvalue weighted by atomic mass is 16.5. The van der Waals surface area contributed by atoms with Gasteiger partial charge in [-0.05, 0) is 55.8 Å². The summed E-state index contributed by atoms with van der Waals surface area (Å²) < 4.78 is 5.14. The predicted octanol–water partition coefficient (Wildman–Crippen LogP) is 1.48. The molecule has 1 aliphatic rings. The van der Waals surface area contributed by atoms with E-state index >= 15 is 0 Å². The molecule has 1 fully saturated rings. The Hall–Kier alpha value is -1.55. The monoisotopic (exact) mass is 262 g/mol. The zero-order valence-electron chi connectivity index (χ0n) is 11.4. The van der Waals surface area contributed by atoms with E-state index in [0.717, 1.165) is 38.0 Å². The van der Waals surface area contributed by atoms with Crippen molar-refractivity contribution in [3.05, 3.63) is 29.8 Å². The summed E-state index contributed by atoms with van der Waals surface area (Å²) in [5, 5.41) is 3.17. The fourth-order valence-corrected chi connectivity index (χ4v) is 2.64. The first-order valence-corrected chi connectivity index (χ1v) is 6.84. The Morgan fingerprint density at radius 3 is 2.79 bits per heavy atom. The third-order valence-corrected chi connectivity index (χ3v) is 3.86. The molecule has 0 aliphatic carbocycles. The number of hydrogen-bond acceptors (Lipinski definition) is 3. The maximum absolute atomic E-state index is 11.2. The van der Waals surface area contributed by atoms with Crippen LogP contribution in [0.25, 0.3) is 0 Å². The van der Waals surface area contributed by atoms with E-state index in [0.29, 0.717) is 5.92 Å². The van der Waals surface area contributed by atoms with Gasteiger partial charge in [-0.15, -0.1) is 0 Å². The first-order chi connectivity index (χ1) is 9.19. The van der Waals surface area contributed by atoms with Gasteiger partial charge in [0.25, 0.3) is 0 Å². The quantitative estimate of drug-likeness (QED) is 0.845. The highest BCUT2D eigenvalue weighted by Gasteiger charge is 2.24. The zero-order chi connectivity index (χ0) is 13.7. The van der Waals surface area contributed by atoms with Crippen LogP contribution in [-0.2, 0) is 11.2 Å². The second-order valence-electron chi connectivity index (χ2n) is 5.19. The number of rotatable bonds is 5. The van der Waals surface area contributed by atoms with E-state index in [9.17, 15) is 4.79 Å². The number of nitrogens with two attached hydrogens (primary N) is 1. The van der Waals surface area contributed by atoms with E-state index in [1.165, 1.54) is 5.56 Å². The van der Waals surface area contributed by atoms with Gasteiger partial charge in [-0.3, -0.25) is 4.79 Å². The molecule has 0 bridgehead atoms. The lowest BCUT2D eigenvalue weighted by atomic mass is 9.87. The smallest absolute Gasteiger partial charge is 0.234 e. The van der Waals surface area contributed by atoms with Crippen LogP contribution in [0.2, 0.25) is 0 Å². The number of aryl methyl sites for hydroxylation is 1. The van der Waals surface area contributed by atoms with Crippen LogP contribution >= 0.6 is 0 Å². The van der Waals surface area contributed by atoms with Gasteiger partial charge in [0.2, 0.25) is 5.91 Å². The molecule has 1 aromatic rings. The summed E-state index contributed by atoms with van der Waals surface area (Å²) in [6.45, 7) is 0.890. The maximum atomic E-state index is 11.2. The first kappa shape index (κ1) is 13.9. The molecule has 1 amide bonds. The summed E-state index contributed by atoms with van der Waals surface area (Å²) in [5.41, 5.74) is 6.67. The van der Waals surface area contributed by atoms with Gasteiger partial charge in [0.1, 0.15) is 5.75 Å². The van der Waals surface area contributed by atoms with Gasteiger partial charge in [0.05, 0.1) is 13.2 Å². The van der Waals surface area contributed by atoms with Crippen molar-refractivity contribution in [3.63, 3.8) is 0 Å². The molecule has 19 heavy (non-hydrogen) atoms. The lowest BCUT2D eigenvalue weighted by Crippen LogP contribution is -2.46. The predicted molar refractivity (Wildman–Crippen MR) is 75.0 cm³/mol. The number of ether oxygens (including phenoxy) is 1. The molecule has 1 aromatic carbocycles. The van der Waals surface area contributed by atoms with E-state index in [-0.39, 0.29) is 11.9 Å². The van der Waals surface area contributed by atoms with Crippen LogP contribution in [0.3, 0.4) is 0 Å². The number of amides is 1. The summed E-state index contributed by atoms with van der Waals surface area (Å²) in [6, 6.07) is 8.04. The zero-order valence-corrected chi connectivity index (χ0v) is 11.4. The lowest BCUT2D eigenvalue weighted by Gasteiger charge is -2.28. The third-order valence-electron chi connectivity index (χ3n) is 3.86. The average Bonchev–Trinajstić information content (AvgIpc) is 2.46. The van der Waals surface area contributed by atoms with Crippen LogP contribution in [0.5, 0.6) is 5.75 Å². The van der Waals surface area contributed by atoms with E-state index in [1.54, 1.807) is 7.11 Å². The Balaban J connectivity index is 1.82. The van der Waals surface area contributed by atoms with Crippen molar-refractivity contribution in [3.8, 4) is 5.75 Å². The molecule has 2 atom stereocenters. The van der Waals surface area contributed by atoms with Crippen LogP contribution in [0, 0.1) is 5.92 Å². The Labute approximate surface area is 114 Å². The largest absolute Gasteiger partial charge is 0.497 e. The number of benzene rings is 1. The Bertz CT molecular complexity index is 417. The van der Waals surface area contributed by atoms with E-state index in [2.05, 4.69) is 17.4 Å². The minimum atomic E-state index is -0.228. The molecule has 0 radical (unpaired) electrons. The molecule has 1 aliphatic heterocycles. The van der Waals surface area contributed by atoms with E-state index in [1.807, 2.05) is 12.1 Å². The molecular formula is C15H22N2O2.